The highest BCUT2D eigenvalue weighted by Gasteiger charge is 2.30. The number of hydrogen-bond acceptors (Lipinski definition) is 3. The van der Waals surface area contributed by atoms with Crippen LogP contribution in [-0.2, 0) is 5.41 Å². The summed E-state index contributed by atoms with van der Waals surface area (Å²) in [5.41, 5.74) is 15.0. The van der Waals surface area contributed by atoms with Gasteiger partial charge in [0.1, 0.15) is 12.4 Å². The van der Waals surface area contributed by atoms with Crippen molar-refractivity contribution in [2.75, 3.05) is 18.1 Å². The molecule has 0 bridgehead atoms. The maximum absolute atomic E-state index is 6.09. The van der Waals surface area contributed by atoms with E-state index in [-0.39, 0.29) is 5.41 Å². The maximum atomic E-state index is 6.09. The number of anilines is 2. The minimum Gasteiger partial charge on any atom is -0.490 e. The van der Waals surface area contributed by atoms with Crippen molar-refractivity contribution in [3.8, 4) is 5.75 Å². The Hall–Kier alpha value is -2.94. The molecule has 3 aromatic rings. The fourth-order valence-electron chi connectivity index (χ4n) is 2.85. The van der Waals surface area contributed by atoms with Crippen LogP contribution in [0.3, 0.4) is 0 Å². The van der Waals surface area contributed by atoms with Gasteiger partial charge in [-0.1, -0.05) is 66.7 Å². The summed E-state index contributed by atoms with van der Waals surface area (Å²) in [6, 6.07) is 26.2. The average Bonchev–Trinajstić information content (AvgIpc) is 2.64. The molecular weight excluding hydrogens is 296 g/mol. The van der Waals surface area contributed by atoms with E-state index in [0.29, 0.717) is 23.7 Å². The van der Waals surface area contributed by atoms with Gasteiger partial charge in [0.25, 0.3) is 0 Å². The van der Waals surface area contributed by atoms with Crippen LogP contribution in [0.4, 0.5) is 11.4 Å². The van der Waals surface area contributed by atoms with Crippen LogP contribution in [0, 0.1) is 0 Å². The van der Waals surface area contributed by atoms with Gasteiger partial charge in [0.2, 0.25) is 0 Å². The van der Waals surface area contributed by atoms with E-state index in [0.717, 1.165) is 0 Å². The van der Waals surface area contributed by atoms with Crippen LogP contribution in [0.5, 0.6) is 5.75 Å². The quantitative estimate of drug-likeness (QED) is 0.692. The number of nitrogens with two attached hydrogens (primary N) is 2. The zero-order valence-electron chi connectivity index (χ0n) is 13.8. The summed E-state index contributed by atoms with van der Waals surface area (Å²) in [4.78, 5) is 0. The van der Waals surface area contributed by atoms with Crippen molar-refractivity contribution >= 4 is 11.4 Å². The second kappa shape index (κ2) is 6.67. The molecular formula is C21H22N2O. The van der Waals surface area contributed by atoms with Crippen LogP contribution < -0.4 is 16.2 Å². The molecule has 3 aromatic carbocycles. The van der Waals surface area contributed by atoms with Gasteiger partial charge in [-0.05, 0) is 30.2 Å². The van der Waals surface area contributed by atoms with Crippen molar-refractivity contribution < 1.29 is 4.74 Å². The predicted octanol–water partition coefficient (Wildman–Crippen LogP) is 4.24. The van der Waals surface area contributed by atoms with Crippen LogP contribution in [0.15, 0.2) is 78.9 Å². The van der Waals surface area contributed by atoms with Gasteiger partial charge in [0.05, 0.1) is 16.8 Å². The Morgan fingerprint density at radius 3 is 1.83 bits per heavy atom. The first-order valence-electron chi connectivity index (χ1n) is 7.99. The molecule has 0 spiro atoms. The second-order valence-corrected chi connectivity index (χ2v) is 6.11. The van der Waals surface area contributed by atoms with Crippen LogP contribution in [0.25, 0.3) is 0 Å². The lowest BCUT2D eigenvalue weighted by molar-refractivity contribution is 0.255. The van der Waals surface area contributed by atoms with E-state index in [4.69, 9.17) is 16.2 Å². The van der Waals surface area contributed by atoms with Gasteiger partial charge in [-0.3, -0.25) is 0 Å². The van der Waals surface area contributed by atoms with E-state index in [1.165, 1.54) is 11.1 Å². The van der Waals surface area contributed by atoms with Crippen LogP contribution in [0.2, 0.25) is 0 Å². The Labute approximate surface area is 142 Å². The molecule has 0 unspecified atom stereocenters. The topological polar surface area (TPSA) is 61.3 Å². The molecule has 0 saturated heterocycles. The lowest BCUT2D eigenvalue weighted by Crippen LogP contribution is -2.31. The summed E-state index contributed by atoms with van der Waals surface area (Å²) in [5, 5.41) is 0. The molecule has 0 atom stereocenters. The molecule has 0 amide bonds. The largest absolute Gasteiger partial charge is 0.490 e. The highest BCUT2D eigenvalue weighted by atomic mass is 16.5. The first-order valence-corrected chi connectivity index (χ1v) is 7.99. The molecule has 0 aliphatic carbocycles. The van der Waals surface area contributed by atoms with Gasteiger partial charge in [-0.25, -0.2) is 0 Å². The van der Waals surface area contributed by atoms with Crippen molar-refractivity contribution in [3.05, 3.63) is 90.0 Å². The molecule has 0 heterocycles. The van der Waals surface area contributed by atoms with E-state index in [1.54, 1.807) is 6.07 Å². The van der Waals surface area contributed by atoms with Crippen molar-refractivity contribution in [1.29, 1.82) is 0 Å². The molecule has 0 aliphatic rings. The van der Waals surface area contributed by atoms with Gasteiger partial charge in [-0.15, -0.1) is 0 Å². The summed E-state index contributed by atoms with van der Waals surface area (Å²) in [6.45, 7) is 2.65. The number of para-hydroxylation sites is 1. The van der Waals surface area contributed by atoms with Crippen LogP contribution in [0.1, 0.15) is 18.1 Å². The van der Waals surface area contributed by atoms with Crippen molar-refractivity contribution in [3.63, 3.8) is 0 Å². The molecule has 0 saturated carbocycles. The van der Waals surface area contributed by atoms with E-state index < -0.39 is 0 Å². The number of nitrogen functional groups attached to an aromatic ring is 2. The van der Waals surface area contributed by atoms with E-state index in [1.807, 2.05) is 48.5 Å². The molecule has 3 heteroatoms. The fourth-order valence-corrected chi connectivity index (χ4v) is 2.85. The first-order chi connectivity index (χ1) is 11.6. The molecule has 24 heavy (non-hydrogen) atoms. The molecule has 0 radical (unpaired) electrons. The SMILES string of the molecule is CC(COc1cccc(N)c1N)(c1ccccc1)c1ccccc1. The molecule has 3 nitrogen and oxygen atoms in total. The van der Waals surface area contributed by atoms with Gasteiger partial charge in [0.15, 0.2) is 0 Å². The standard InChI is InChI=1S/C21H22N2O/c1-21(16-9-4-2-5-10-16,17-11-6-3-7-12-17)15-24-19-14-8-13-18(22)20(19)23/h2-14H,15,22-23H2,1H3. The van der Waals surface area contributed by atoms with Crippen molar-refractivity contribution in [1.82, 2.24) is 0 Å². The maximum Gasteiger partial charge on any atom is 0.144 e. The molecule has 0 aromatic heterocycles. The van der Waals surface area contributed by atoms with Gasteiger partial charge in [-0.2, -0.15) is 0 Å². The zero-order valence-corrected chi connectivity index (χ0v) is 13.8. The zero-order chi connectivity index (χ0) is 17.0. The lowest BCUT2D eigenvalue weighted by atomic mass is 9.77. The number of ether oxygens (including phenoxy) is 1. The Morgan fingerprint density at radius 1 is 0.750 bits per heavy atom. The highest BCUT2D eigenvalue weighted by Crippen LogP contribution is 2.34. The third-order valence-electron chi connectivity index (χ3n) is 4.44. The summed E-state index contributed by atoms with van der Waals surface area (Å²) >= 11 is 0. The van der Waals surface area contributed by atoms with E-state index in [9.17, 15) is 0 Å². The third-order valence-corrected chi connectivity index (χ3v) is 4.44. The normalized spacial score (nSPS) is 11.2. The molecule has 0 aliphatic heterocycles. The predicted molar refractivity (Wildman–Crippen MR) is 100 cm³/mol. The van der Waals surface area contributed by atoms with Crippen molar-refractivity contribution in [2.45, 2.75) is 12.3 Å². The Balaban J connectivity index is 1.96. The Kier molecular flexibility index (Phi) is 4.43. The molecule has 3 rings (SSSR count). The summed E-state index contributed by atoms with van der Waals surface area (Å²) in [5.74, 6) is 0.619. The summed E-state index contributed by atoms with van der Waals surface area (Å²) in [7, 11) is 0. The van der Waals surface area contributed by atoms with Gasteiger partial charge < -0.3 is 16.2 Å². The fraction of sp³-hybridized carbons (Fsp3) is 0.143. The minimum atomic E-state index is -0.292. The lowest BCUT2D eigenvalue weighted by Gasteiger charge is -2.31. The minimum absolute atomic E-state index is 0.292. The number of rotatable bonds is 5. The second-order valence-electron chi connectivity index (χ2n) is 6.11. The third kappa shape index (κ3) is 3.06. The summed E-state index contributed by atoms with van der Waals surface area (Å²) < 4.78 is 6.09. The first kappa shape index (κ1) is 15.9. The average molecular weight is 318 g/mol. The Morgan fingerprint density at radius 2 is 1.29 bits per heavy atom. The van der Waals surface area contributed by atoms with Crippen molar-refractivity contribution in [2.24, 2.45) is 0 Å². The van der Waals surface area contributed by atoms with E-state index in [2.05, 4.69) is 31.2 Å². The molecule has 122 valence electrons. The summed E-state index contributed by atoms with van der Waals surface area (Å²) in [6.07, 6.45) is 0. The molecule has 4 N–H and O–H groups in total. The number of benzene rings is 3. The van der Waals surface area contributed by atoms with Crippen LogP contribution in [-0.4, -0.2) is 6.61 Å². The van der Waals surface area contributed by atoms with Gasteiger partial charge >= 0.3 is 0 Å². The van der Waals surface area contributed by atoms with Gasteiger partial charge in [0, 0.05) is 0 Å². The molecule has 0 fully saturated rings. The Bertz CT molecular complexity index is 761. The van der Waals surface area contributed by atoms with Crippen LogP contribution >= 0.6 is 0 Å². The smallest absolute Gasteiger partial charge is 0.144 e. The van der Waals surface area contributed by atoms with E-state index >= 15 is 0 Å². The highest BCUT2D eigenvalue weighted by molar-refractivity contribution is 5.70. The number of hydrogen-bond donors (Lipinski definition) is 2. The monoisotopic (exact) mass is 318 g/mol.